The number of nitrogens with zero attached hydrogens (tertiary/aromatic N) is 2. The molecule has 0 unspecified atom stereocenters. The van der Waals surface area contributed by atoms with Crippen LogP contribution in [0.1, 0.15) is 43.6 Å². The van der Waals surface area contributed by atoms with Crippen molar-refractivity contribution < 1.29 is 4.79 Å². The predicted molar refractivity (Wildman–Crippen MR) is 66.5 cm³/mol. The Hall–Kier alpha value is -1.52. The van der Waals surface area contributed by atoms with Gasteiger partial charge in [0.25, 0.3) is 5.91 Å². The van der Waals surface area contributed by atoms with Crippen LogP contribution in [-0.2, 0) is 0 Å². The maximum atomic E-state index is 12.2. The van der Waals surface area contributed by atoms with E-state index in [4.69, 9.17) is 5.73 Å². The van der Waals surface area contributed by atoms with Crippen molar-refractivity contribution in [3.8, 4) is 0 Å². The van der Waals surface area contributed by atoms with Gasteiger partial charge in [0, 0.05) is 19.2 Å². The van der Waals surface area contributed by atoms with Crippen LogP contribution >= 0.6 is 0 Å². The van der Waals surface area contributed by atoms with Gasteiger partial charge in [-0.05, 0) is 24.7 Å². The van der Waals surface area contributed by atoms with E-state index in [0.29, 0.717) is 16.9 Å². The van der Waals surface area contributed by atoms with E-state index in [1.165, 1.54) is 0 Å². The van der Waals surface area contributed by atoms with Crippen LogP contribution in [0.2, 0.25) is 0 Å². The Morgan fingerprint density at radius 2 is 2.29 bits per heavy atom. The maximum Gasteiger partial charge on any atom is 0.271 e. The molecular weight excluding hydrogens is 216 g/mol. The monoisotopic (exact) mass is 236 g/mol. The Kier molecular flexibility index (Phi) is 3.09. The van der Waals surface area contributed by atoms with Gasteiger partial charge in [-0.1, -0.05) is 13.8 Å². The van der Waals surface area contributed by atoms with Crippen molar-refractivity contribution in [2.45, 2.75) is 33.1 Å². The van der Waals surface area contributed by atoms with Crippen molar-refractivity contribution in [1.82, 2.24) is 15.1 Å². The average molecular weight is 236 g/mol. The first kappa shape index (κ1) is 12.0. The number of amides is 1. The number of aromatic nitrogens is 2. The first-order chi connectivity index (χ1) is 8.10. The van der Waals surface area contributed by atoms with Gasteiger partial charge in [-0.2, -0.15) is 5.10 Å². The minimum absolute atomic E-state index is 0.0120. The van der Waals surface area contributed by atoms with Gasteiger partial charge in [0.05, 0.1) is 0 Å². The number of carbonyl (C=O) groups excluding carboxylic acids is 1. The third kappa shape index (κ3) is 2.14. The molecule has 3 N–H and O–H groups in total. The van der Waals surface area contributed by atoms with Gasteiger partial charge in [0.15, 0.2) is 0 Å². The second-order valence-corrected chi connectivity index (χ2v) is 4.89. The number of nitrogens with two attached hydrogens (primary N) is 1. The van der Waals surface area contributed by atoms with Crippen LogP contribution in [-0.4, -0.2) is 34.1 Å². The van der Waals surface area contributed by atoms with Crippen LogP contribution in [0.5, 0.6) is 0 Å². The highest BCUT2D eigenvalue weighted by atomic mass is 16.2. The molecule has 94 valence electrons. The van der Waals surface area contributed by atoms with Crippen molar-refractivity contribution in [1.29, 1.82) is 0 Å². The summed E-state index contributed by atoms with van der Waals surface area (Å²) >= 11 is 0. The number of H-pyrrole nitrogens is 1. The second-order valence-electron chi connectivity index (χ2n) is 4.89. The smallest absolute Gasteiger partial charge is 0.271 e. The van der Waals surface area contributed by atoms with Gasteiger partial charge in [0.1, 0.15) is 11.5 Å². The number of anilines is 1. The van der Waals surface area contributed by atoms with Crippen molar-refractivity contribution >= 4 is 11.7 Å². The van der Waals surface area contributed by atoms with Crippen LogP contribution in [0.15, 0.2) is 6.07 Å². The predicted octanol–water partition coefficient (Wildman–Crippen LogP) is 1.64. The molecule has 0 saturated carbocycles. The molecule has 0 aliphatic carbocycles. The first-order valence-corrected chi connectivity index (χ1v) is 6.20. The lowest BCUT2D eigenvalue weighted by atomic mass is 9.82. The summed E-state index contributed by atoms with van der Waals surface area (Å²) in [5.41, 5.74) is 6.31. The number of nitrogen functional groups attached to an aromatic ring is 1. The van der Waals surface area contributed by atoms with E-state index >= 15 is 0 Å². The van der Waals surface area contributed by atoms with Crippen LogP contribution in [0, 0.1) is 5.41 Å². The van der Waals surface area contributed by atoms with E-state index in [2.05, 4.69) is 24.0 Å². The summed E-state index contributed by atoms with van der Waals surface area (Å²) in [5.74, 6) is 0.378. The molecular formula is C12H20N4O. The minimum Gasteiger partial charge on any atom is -0.382 e. The van der Waals surface area contributed by atoms with Crippen LogP contribution in [0.4, 0.5) is 5.82 Å². The van der Waals surface area contributed by atoms with Crippen molar-refractivity contribution in [2.24, 2.45) is 5.41 Å². The molecule has 2 rings (SSSR count). The molecule has 17 heavy (non-hydrogen) atoms. The lowest BCUT2D eigenvalue weighted by Crippen LogP contribution is -2.32. The first-order valence-electron chi connectivity index (χ1n) is 6.20. The molecule has 1 aromatic rings. The highest BCUT2D eigenvalue weighted by Crippen LogP contribution is 2.37. The zero-order chi connectivity index (χ0) is 12.5. The summed E-state index contributed by atoms with van der Waals surface area (Å²) in [7, 11) is 0. The molecule has 5 heteroatoms. The number of carbonyl (C=O) groups is 1. The molecule has 1 aliphatic heterocycles. The minimum atomic E-state index is 0.0120. The molecule has 0 radical (unpaired) electrons. The van der Waals surface area contributed by atoms with Crippen molar-refractivity contribution in [3.05, 3.63) is 11.8 Å². The number of hydrogen-bond acceptors (Lipinski definition) is 3. The van der Waals surface area contributed by atoms with Gasteiger partial charge < -0.3 is 10.6 Å². The molecule has 0 aromatic carbocycles. The molecule has 1 saturated heterocycles. The average Bonchev–Trinajstić information content (AvgIpc) is 2.95. The van der Waals surface area contributed by atoms with E-state index < -0.39 is 0 Å². The zero-order valence-corrected chi connectivity index (χ0v) is 10.5. The summed E-state index contributed by atoms with van der Waals surface area (Å²) < 4.78 is 0. The fourth-order valence-corrected chi connectivity index (χ4v) is 2.55. The number of nitrogens with one attached hydrogen (secondary N) is 1. The van der Waals surface area contributed by atoms with E-state index in [1.54, 1.807) is 6.07 Å². The molecule has 1 aromatic heterocycles. The van der Waals surface area contributed by atoms with Crippen molar-refractivity contribution in [2.75, 3.05) is 18.8 Å². The number of aromatic amines is 1. The normalized spacial score (nSPS) is 18.6. The van der Waals surface area contributed by atoms with Crippen LogP contribution in [0.25, 0.3) is 0 Å². The molecule has 1 fully saturated rings. The lowest BCUT2D eigenvalue weighted by Gasteiger charge is -2.26. The van der Waals surface area contributed by atoms with Gasteiger partial charge in [-0.25, -0.2) is 0 Å². The SMILES string of the molecule is CCC1(CC)CCN(C(=O)c2cc(N)n[nH]2)C1. The van der Waals surface area contributed by atoms with E-state index in [1.807, 2.05) is 4.90 Å². The van der Waals surface area contributed by atoms with Gasteiger partial charge in [-0.15, -0.1) is 0 Å². The van der Waals surface area contributed by atoms with Gasteiger partial charge in [0.2, 0.25) is 0 Å². The molecule has 0 spiro atoms. The quantitative estimate of drug-likeness (QED) is 0.837. The highest BCUT2D eigenvalue weighted by molar-refractivity contribution is 5.93. The molecule has 1 aliphatic rings. The molecule has 2 heterocycles. The van der Waals surface area contributed by atoms with E-state index in [0.717, 1.165) is 32.4 Å². The van der Waals surface area contributed by atoms with Gasteiger partial charge in [-0.3, -0.25) is 9.89 Å². The highest BCUT2D eigenvalue weighted by Gasteiger charge is 2.37. The summed E-state index contributed by atoms with van der Waals surface area (Å²) in [6.45, 7) is 6.08. The molecule has 1 amide bonds. The van der Waals surface area contributed by atoms with Crippen molar-refractivity contribution in [3.63, 3.8) is 0 Å². The number of hydrogen-bond donors (Lipinski definition) is 2. The Morgan fingerprint density at radius 1 is 1.59 bits per heavy atom. The van der Waals surface area contributed by atoms with E-state index in [-0.39, 0.29) is 5.91 Å². The fraction of sp³-hybridized carbons (Fsp3) is 0.667. The third-order valence-corrected chi connectivity index (χ3v) is 4.05. The molecule has 0 atom stereocenters. The van der Waals surface area contributed by atoms with Crippen LogP contribution in [0.3, 0.4) is 0 Å². The Bertz CT molecular complexity index is 408. The Morgan fingerprint density at radius 3 is 2.76 bits per heavy atom. The van der Waals surface area contributed by atoms with Gasteiger partial charge >= 0.3 is 0 Å². The molecule has 5 nitrogen and oxygen atoms in total. The Balaban J connectivity index is 2.08. The molecule has 0 bridgehead atoms. The zero-order valence-electron chi connectivity index (χ0n) is 10.5. The number of rotatable bonds is 3. The maximum absolute atomic E-state index is 12.2. The summed E-state index contributed by atoms with van der Waals surface area (Å²) in [6.07, 6.45) is 3.34. The lowest BCUT2D eigenvalue weighted by molar-refractivity contribution is 0.0764. The third-order valence-electron chi connectivity index (χ3n) is 4.05. The summed E-state index contributed by atoms with van der Waals surface area (Å²) in [6, 6.07) is 1.60. The largest absolute Gasteiger partial charge is 0.382 e. The summed E-state index contributed by atoms with van der Waals surface area (Å²) in [4.78, 5) is 14.1. The number of likely N-dealkylation sites (tertiary alicyclic amines) is 1. The topological polar surface area (TPSA) is 75.0 Å². The van der Waals surface area contributed by atoms with Crippen LogP contribution < -0.4 is 5.73 Å². The Labute approximate surface area is 101 Å². The summed E-state index contributed by atoms with van der Waals surface area (Å²) in [5, 5.41) is 6.47. The fourth-order valence-electron chi connectivity index (χ4n) is 2.55. The second kappa shape index (κ2) is 4.39. The van der Waals surface area contributed by atoms with E-state index in [9.17, 15) is 4.79 Å². The standard InChI is InChI=1S/C12H20N4O/c1-3-12(4-2)5-6-16(8-12)11(17)9-7-10(13)15-14-9/h7H,3-6,8H2,1-2H3,(H3,13,14,15).